The first-order valence-corrected chi connectivity index (χ1v) is 8.28. The Morgan fingerprint density at radius 2 is 2.00 bits per heavy atom. The van der Waals surface area contributed by atoms with Crippen LogP contribution in [0, 0.1) is 6.92 Å². The summed E-state index contributed by atoms with van der Waals surface area (Å²) < 4.78 is 27.6. The second-order valence-corrected chi connectivity index (χ2v) is 7.56. The molecule has 1 fully saturated rings. The van der Waals surface area contributed by atoms with E-state index in [-0.39, 0.29) is 5.54 Å². The summed E-state index contributed by atoms with van der Waals surface area (Å²) in [7, 11) is 0.521. The van der Waals surface area contributed by atoms with Gasteiger partial charge in [-0.1, -0.05) is 0 Å². The fraction of sp³-hybridized carbons (Fsp3) is 0.571. The maximum atomic E-state index is 12.4. The van der Waals surface area contributed by atoms with Gasteiger partial charge in [-0.25, -0.2) is 13.1 Å². The predicted molar refractivity (Wildman–Crippen MR) is 81.0 cm³/mol. The molecule has 1 aliphatic rings. The van der Waals surface area contributed by atoms with Crippen LogP contribution in [-0.2, 0) is 10.0 Å². The molecule has 5 nitrogen and oxygen atoms in total. The molecule has 0 aromatic heterocycles. The topological polar surface area (TPSA) is 75.4 Å². The Labute approximate surface area is 121 Å². The van der Waals surface area contributed by atoms with Crippen molar-refractivity contribution in [3.63, 3.8) is 0 Å². The molecule has 2 rings (SSSR count). The largest absolute Gasteiger partial charge is 0.399 e. The third-order valence-corrected chi connectivity index (χ3v) is 5.87. The highest BCUT2D eigenvalue weighted by Crippen LogP contribution is 2.35. The molecule has 0 spiro atoms. The number of anilines is 1. The van der Waals surface area contributed by atoms with E-state index in [0.717, 1.165) is 19.3 Å². The lowest BCUT2D eigenvalue weighted by molar-refractivity contribution is 0.0657. The molecule has 0 aliphatic heterocycles. The summed E-state index contributed by atoms with van der Waals surface area (Å²) in [5.74, 6) is 0. The summed E-state index contributed by atoms with van der Waals surface area (Å²) in [5, 5.41) is 0. The normalized spacial score (nSPS) is 18.0. The molecule has 0 unspecified atom stereocenters. The van der Waals surface area contributed by atoms with Crippen LogP contribution >= 0.6 is 0 Å². The van der Waals surface area contributed by atoms with Crippen molar-refractivity contribution in [2.24, 2.45) is 0 Å². The molecule has 3 N–H and O–H groups in total. The number of hydrogen-bond donors (Lipinski definition) is 2. The second-order valence-electron chi connectivity index (χ2n) is 5.82. The molecule has 20 heavy (non-hydrogen) atoms. The first-order valence-electron chi connectivity index (χ1n) is 6.80. The predicted octanol–water partition coefficient (Wildman–Crippen LogP) is 1.34. The monoisotopic (exact) mass is 297 g/mol. The quantitative estimate of drug-likeness (QED) is 0.804. The van der Waals surface area contributed by atoms with Gasteiger partial charge in [-0.15, -0.1) is 0 Å². The van der Waals surface area contributed by atoms with Crippen LogP contribution in [0.5, 0.6) is 0 Å². The van der Waals surface area contributed by atoms with Gasteiger partial charge in [0.25, 0.3) is 0 Å². The Balaban J connectivity index is 2.15. The maximum absolute atomic E-state index is 12.4. The Morgan fingerprint density at radius 3 is 2.45 bits per heavy atom. The minimum Gasteiger partial charge on any atom is -0.399 e. The summed E-state index contributed by atoms with van der Waals surface area (Å²) in [6.07, 6.45) is 3.22. The summed E-state index contributed by atoms with van der Waals surface area (Å²) in [6.45, 7) is 2.21. The van der Waals surface area contributed by atoms with Crippen LogP contribution in [0.25, 0.3) is 0 Å². The fourth-order valence-corrected chi connectivity index (χ4v) is 3.99. The van der Waals surface area contributed by atoms with Gasteiger partial charge in [0.15, 0.2) is 0 Å². The number of nitrogens with two attached hydrogens (primary N) is 1. The Morgan fingerprint density at radius 1 is 1.35 bits per heavy atom. The van der Waals surface area contributed by atoms with Crippen LogP contribution in [0.4, 0.5) is 5.69 Å². The van der Waals surface area contributed by atoms with Crippen molar-refractivity contribution in [2.75, 3.05) is 26.4 Å². The molecule has 0 atom stereocenters. The van der Waals surface area contributed by atoms with E-state index >= 15 is 0 Å². The van der Waals surface area contributed by atoms with Crippen molar-refractivity contribution in [3.05, 3.63) is 23.8 Å². The van der Waals surface area contributed by atoms with Crippen molar-refractivity contribution in [3.8, 4) is 0 Å². The van der Waals surface area contributed by atoms with Gasteiger partial charge >= 0.3 is 0 Å². The van der Waals surface area contributed by atoms with Gasteiger partial charge in [0.05, 0.1) is 4.90 Å². The Hall–Kier alpha value is -1.11. The maximum Gasteiger partial charge on any atom is 0.240 e. The number of likely N-dealkylation sites (N-methyl/N-ethyl adjacent to an activating group) is 1. The van der Waals surface area contributed by atoms with Crippen LogP contribution in [0.15, 0.2) is 23.1 Å². The third-order valence-electron chi connectivity index (χ3n) is 4.31. The number of hydrogen-bond acceptors (Lipinski definition) is 4. The Kier molecular flexibility index (Phi) is 4.09. The number of sulfonamides is 1. The highest BCUT2D eigenvalue weighted by atomic mass is 32.2. The van der Waals surface area contributed by atoms with Crippen molar-refractivity contribution in [1.82, 2.24) is 9.62 Å². The second kappa shape index (κ2) is 5.35. The highest BCUT2D eigenvalue weighted by Gasteiger charge is 2.39. The average Bonchev–Trinajstić information content (AvgIpc) is 2.25. The van der Waals surface area contributed by atoms with Crippen molar-refractivity contribution in [2.45, 2.75) is 36.6 Å². The van der Waals surface area contributed by atoms with Gasteiger partial charge in [-0.05, 0) is 64.0 Å². The zero-order valence-electron chi connectivity index (χ0n) is 12.3. The van der Waals surface area contributed by atoms with Crippen LogP contribution < -0.4 is 10.5 Å². The fourth-order valence-electron chi connectivity index (χ4n) is 2.65. The standard InChI is InChI=1S/C14H23N3O2S/c1-11-9-12(15)5-6-13(11)20(18,19)16-10-14(17(2)3)7-4-8-14/h5-6,9,16H,4,7-8,10,15H2,1-3H3. The van der Waals surface area contributed by atoms with E-state index in [0.29, 0.717) is 22.7 Å². The Bertz CT molecular complexity index is 592. The molecular weight excluding hydrogens is 274 g/mol. The SMILES string of the molecule is Cc1cc(N)ccc1S(=O)(=O)NCC1(N(C)C)CCC1. The molecule has 6 heteroatoms. The van der Waals surface area contributed by atoms with Gasteiger partial charge in [0, 0.05) is 17.8 Å². The highest BCUT2D eigenvalue weighted by molar-refractivity contribution is 7.89. The summed E-state index contributed by atoms with van der Waals surface area (Å²) in [5.41, 5.74) is 6.88. The van der Waals surface area contributed by atoms with Gasteiger partial charge in [-0.3, -0.25) is 0 Å². The van der Waals surface area contributed by atoms with Crippen LogP contribution in [0.3, 0.4) is 0 Å². The van der Waals surface area contributed by atoms with E-state index in [1.807, 2.05) is 14.1 Å². The van der Waals surface area contributed by atoms with E-state index in [9.17, 15) is 8.42 Å². The minimum absolute atomic E-state index is 0.0330. The number of nitrogens with one attached hydrogen (secondary N) is 1. The van der Waals surface area contributed by atoms with E-state index < -0.39 is 10.0 Å². The lowest BCUT2D eigenvalue weighted by Crippen LogP contribution is -2.57. The third kappa shape index (κ3) is 2.82. The zero-order chi connectivity index (χ0) is 15.0. The minimum atomic E-state index is -3.48. The van der Waals surface area contributed by atoms with Gasteiger partial charge in [-0.2, -0.15) is 0 Å². The molecule has 0 saturated heterocycles. The zero-order valence-corrected chi connectivity index (χ0v) is 13.1. The van der Waals surface area contributed by atoms with Crippen molar-refractivity contribution in [1.29, 1.82) is 0 Å². The van der Waals surface area contributed by atoms with Crippen LogP contribution in [0.2, 0.25) is 0 Å². The van der Waals surface area contributed by atoms with E-state index in [4.69, 9.17) is 5.73 Å². The van der Waals surface area contributed by atoms with E-state index in [2.05, 4.69) is 9.62 Å². The molecular formula is C14H23N3O2S. The molecule has 0 amide bonds. The molecule has 1 aromatic carbocycles. The molecule has 0 heterocycles. The van der Waals surface area contributed by atoms with Gasteiger partial charge in [0.1, 0.15) is 0 Å². The van der Waals surface area contributed by atoms with Crippen molar-refractivity contribution >= 4 is 15.7 Å². The average molecular weight is 297 g/mol. The molecule has 1 aliphatic carbocycles. The molecule has 0 bridgehead atoms. The number of benzene rings is 1. The van der Waals surface area contributed by atoms with Crippen LogP contribution in [-0.4, -0.2) is 39.5 Å². The first kappa shape index (κ1) is 15.3. The molecule has 1 aromatic rings. The smallest absolute Gasteiger partial charge is 0.240 e. The van der Waals surface area contributed by atoms with Gasteiger partial charge in [0.2, 0.25) is 10.0 Å². The molecule has 112 valence electrons. The van der Waals surface area contributed by atoms with E-state index in [1.54, 1.807) is 25.1 Å². The molecule has 0 radical (unpaired) electrons. The first-order chi connectivity index (χ1) is 9.27. The summed E-state index contributed by atoms with van der Waals surface area (Å²) in [4.78, 5) is 2.43. The lowest BCUT2D eigenvalue weighted by atomic mass is 9.76. The van der Waals surface area contributed by atoms with Crippen LogP contribution in [0.1, 0.15) is 24.8 Å². The summed E-state index contributed by atoms with van der Waals surface area (Å²) >= 11 is 0. The number of nitrogens with zero attached hydrogens (tertiary/aromatic N) is 1. The number of rotatable bonds is 5. The van der Waals surface area contributed by atoms with Gasteiger partial charge < -0.3 is 10.6 Å². The number of nitrogen functional groups attached to an aromatic ring is 1. The summed E-state index contributed by atoms with van der Waals surface area (Å²) in [6, 6.07) is 4.86. The molecule has 1 saturated carbocycles. The van der Waals surface area contributed by atoms with Crippen molar-refractivity contribution < 1.29 is 8.42 Å². The lowest BCUT2D eigenvalue weighted by Gasteiger charge is -2.47. The van der Waals surface area contributed by atoms with E-state index in [1.165, 1.54) is 0 Å². The number of aryl methyl sites for hydroxylation is 1.